The molecule has 0 aliphatic carbocycles. The molecule has 3 aromatic carbocycles. The zero-order valence-corrected chi connectivity index (χ0v) is 29.4. The van der Waals surface area contributed by atoms with Crippen molar-refractivity contribution in [3.05, 3.63) is 145 Å². The molecule has 2 aromatic heterocycles. The van der Waals surface area contributed by atoms with Gasteiger partial charge in [-0.15, -0.1) is 0 Å². The number of halogens is 1. The minimum absolute atomic E-state index is 0.0975. The van der Waals surface area contributed by atoms with Crippen molar-refractivity contribution >= 4 is 62.5 Å². The Morgan fingerprint density at radius 2 is 1.92 bits per heavy atom. The molecule has 3 heterocycles. The second kappa shape index (κ2) is 14.2. The number of thiazole rings is 1. The van der Waals surface area contributed by atoms with Gasteiger partial charge in [0, 0.05) is 33.4 Å². The number of benzene rings is 3. The number of nitrogens with one attached hydrogen (secondary N) is 1. The van der Waals surface area contributed by atoms with E-state index in [1.54, 1.807) is 44.2 Å². The Bertz CT molecular complexity index is 2400. The number of rotatable bonds is 9. The highest BCUT2D eigenvalue weighted by Crippen LogP contribution is 2.40. The fourth-order valence-electron chi connectivity index (χ4n) is 5.36. The van der Waals surface area contributed by atoms with Gasteiger partial charge in [0.05, 0.1) is 39.3 Å². The number of aromatic nitrogens is 3. The summed E-state index contributed by atoms with van der Waals surface area (Å²) in [4.78, 5) is 63.8. The molecule has 0 amide bonds. The first-order chi connectivity index (χ1) is 23.6. The molecule has 5 aromatic rings. The van der Waals surface area contributed by atoms with Crippen molar-refractivity contribution in [2.45, 2.75) is 29.9 Å². The van der Waals surface area contributed by atoms with E-state index in [2.05, 4.69) is 25.9 Å². The smallest absolute Gasteiger partial charge is 0.338 e. The number of ether oxygens (including phenoxy) is 2. The summed E-state index contributed by atoms with van der Waals surface area (Å²) < 4.78 is 13.6. The first-order valence-electron chi connectivity index (χ1n) is 14.7. The van der Waals surface area contributed by atoms with Crippen LogP contribution in [-0.4, -0.2) is 39.1 Å². The maximum absolute atomic E-state index is 14.3. The van der Waals surface area contributed by atoms with E-state index in [0.717, 1.165) is 23.1 Å². The molecule has 49 heavy (non-hydrogen) atoms. The highest BCUT2D eigenvalue weighted by molar-refractivity contribution is 9.10. The van der Waals surface area contributed by atoms with Gasteiger partial charge in [-0.25, -0.2) is 14.8 Å². The van der Waals surface area contributed by atoms with Crippen LogP contribution in [0.1, 0.15) is 35.3 Å². The summed E-state index contributed by atoms with van der Waals surface area (Å²) in [5.74, 6) is -0.202. The van der Waals surface area contributed by atoms with Crippen LogP contribution in [0.15, 0.2) is 107 Å². The highest BCUT2D eigenvalue weighted by atomic mass is 79.9. The zero-order valence-electron chi connectivity index (χ0n) is 26.1. The third-order valence-corrected chi connectivity index (χ3v) is 9.82. The molecule has 0 saturated carbocycles. The van der Waals surface area contributed by atoms with E-state index in [-0.39, 0.29) is 38.0 Å². The Labute approximate surface area is 294 Å². The lowest BCUT2D eigenvalue weighted by molar-refractivity contribution is -0.387. The van der Waals surface area contributed by atoms with Gasteiger partial charge >= 0.3 is 5.97 Å². The number of H-pyrrole nitrogens is 1. The zero-order chi connectivity index (χ0) is 34.8. The maximum Gasteiger partial charge on any atom is 0.338 e. The Morgan fingerprint density at radius 3 is 2.61 bits per heavy atom. The Kier molecular flexibility index (Phi) is 9.76. The summed E-state index contributed by atoms with van der Waals surface area (Å²) in [6.07, 6.45) is 1.55. The van der Waals surface area contributed by atoms with Crippen LogP contribution in [0.3, 0.4) is 0 Å². The Balaban J connectivity index is 1.56. The fourth-order valence-corrected chi connectivity index (χ4v) is 7.67. The molecule has 1 aliphatic rings. The van der Waals surface area contributed by atoms with Gasteiger partial charge in [0.15, 0.2) is 9.96 Å². The lowest BCUT2D eigenvalue weighted by atomic mass is 9.92. The molecule has 248 valence electrons. The van der Waals surface area contributed by atoms with E-state index in [1.165, 1.54) is 29.9 Å². The molecule has 0 fully saturated rings. The molecule has 1 N–H and O–H groups in total. The molecule has 0 spiro atoms. The summed E-state index contributed by atoms with van der Waals surface area (Å²) in [7, 11) is 1.50. The summed E-state index contributed by atoms with van der Waals surface area (Å²) >= 11 is 5.56. The SMILES string of the molecule is CCOC(=O)C1=C(c2ccccc2)N=c2s/c(=C\c3ccc(Sc4nc(C)cc(=O)[nH]4)c([N+](=O)[O-])c3)c(=O)n2[C@@H]1c1cc(Br)ccc1OC. The summed E-state index contributed by atoms with van der Waals surface area (Å²) in [6, 6.07) is 19.3. The van der Waals surface area contributed by atoms with Crippen molar-refractivity contribution in [2.75, 3.05) is 13.7 Å². The monoisotopic (exact) mass is 759 g/mol. The normalized spacial score (nSPS) is 14.3. The standard InChI is InChI=1S/C34H26BrN5O7S2/c1-4-47-32(43)28-29(20-8-6-5-7-9-20)38-34-39(30(28)22-17-21(35)11-12-24(22)46-3)31(42)26(49-34)16-19-10-13-25(23(15-19)40(44)45)48-33-36-18(2)14-27(41)37-33/h5-17,30H,4H2,1-3H3,(H,36,37,41)/b26-16-/t30-/m1/s1. The predicted molar refractivity (Wildman–Crippen MR) is 189 cm³/mol. The van der Waals surface area contributed by atoms with Crippen molar-refractivity contribution in [1.82, 2.24) is 14.5 Å². The molecule has 0 unspecified atom stereocenters. The number of fused-ring (bicyclic) bond motifs is 1. The van der Waals surface area contributed by atoms with Crippen LogP contribution in [0, 0.1) is 17.0 Å². The van der Waals surface area contributed by atoms with Gasteiger partial charge in [-0.2, -0.15) is 0 Å². The van der Waals surface area contributed by atoms with Crippen molar-refractivity contribution in [3.8, 4) is 5.75 Å². The molecule has 0 saturated heterocycles. The number of nitro benzene ring substituents is 1. The van der Waals surface area contributed by atoms with Gasteiger partial charge in [0.2, 0.25) is 0 Å². The fraction of sp³-hybridized carbons (Fsp3) is 0.147. The number of nitro groups is 1. The van der Waals surface area contributed by atoms with Gasteiger partial charge in [0.1, 0.15) is 11.8 Å². The van der Waals surface area contributed by atoms with Crippen LogP contribution in [0.5, 0.6) is 5.75 Å². The molecule has 1 aliphatic heterocycles. The van der Waals surface area contributed by atoms with E-state index in [4.69, 9.17) is 14.5 Å². The van der Waals surface area contributed by atoms with Crippen molar-refractivity contribution in [3.63, 3.8) is 0 Å². The van der Waals surface area contributed by atoms with E-state index < -0.39 is 22.5 Å². The maximum atomic E-state index is 14.3. The number of aromatic amines is 1. The van der Waals surface area contributed by atoms with Gasteiger partial charge in [0.25, 0.3) is 16.8 Å². The quantitative estimate of drug-likeness (QED) is 0.0928. The molecule has 1 atom stereocenters. The molecule has 0 bridgehead atoms. The number of esters is 1. The topological polar surface area (TPSA) is 159 Å². The van der Waals surface area contributed by atoms with Crippen LogP contribution in [-0.2, 0) is 9.53 Å². The number of methoxy groups -OCH3 is 1. The number of hydrogen-bond acceptors (Lipinski definition) is 11. The minimum Gasteiger partial charge on any atom is -0.496 e. The Hall–Kier alpha value is -5.12. The molecular weight excluding hydrogens is 734 g/mol. The van der Waals surface area contributed by atoms with Gasteiger partial charge < -0.3 is 14.5 Å². The summed E-state index contributed by atoms with van der Waals surface area (Å²) in [6.45, 7) is 3.45. The van der Waals surface area contributed by atoms with Crippen LogP contribution in [0.25, 0.3) is 11.8 Å². The van der Waals surface area contributed by atoms with Crippen molar-refractivity contribution < 1.29 is 19.2 Å². The molecule has 6 rings (SSSR count). The van der Waals surface area contributed by atoms with Crippen LogP contribution >= 0.6 is 39.0 Å². The van der Waals surface area contributed by atoms with Gasteiger partial charge in [-0.3, -0.25) is 24.3 Å². The average Bonchev–Trinajstić information content (AvgIpc) is 3.38. The van der Waals surface area contributed by atoms with Crippen LogP contribution in [0.2, 0.25) is 0 Å². The number of nitrogens with zero attached hydrogens (tertiary/aromatic N) is 4. The van der Waals surface area contributed by atoms with Crippen LogP contribution in [0.4, 0.5) is 5.69 Å². The van der Waals surface area contributed by atoms with E-state index in [0.29, 0.717) is 43.1 Å². The molecular formula is C34H26BrN5O7S2. The van der Waals surface area contributed by atoms with Crippen molar-refractivity contribution in [1.29, 1.82) is 0 Å². The van der Waals surface area contributed by atoms with E-state index in [1.807, 2.05) is 30.3 Å². The second-order valence-corrected chi connectivity index (χ2v) is 13.6. The lowest BCUT2D eigenvalue weighted by Gasteiger charge is -2.27. The predicted octanol–water partition coefficient (Wildman–Crippen LogP) is 5.16. The molecule has 15 heteroatoms. The molecule has 12 nitrogen and oxygen atoms in total. The first kappa shape index (κ1) is 33.8. The molecule has 0 radical (unpaired) electrons. The number of carbonyl (C=O) groups excluding carboxylic acids is 1. The summed E-state index contributed by atoms with van der Waals surface area (Å²) in [5.41, 5.74) is 1.46. The minimum atomic E-state index is -0.989. The van der Waals surface area contributed by atoms with Gasteiger partial charge in [-0.1, -0.05) is 63.7 Å². The average molecular weight is 761 g/mol. The number of carbonyl (C=O) groups is 1. The summed E-state index contributed by atoms with van der Waals surface area (Å²) in [5, 5.41) is 12.3. The van der Waals surface area contributed by atoms with Crippen molar-refractivity contribution in [2.24, 2.45) is 4.99 Å². The van der Waals surface area contributed by atoms with Crippen LogP contribution < -0.4 is 25.2 Å². The largest absolute Gasteiger partial charge is 0.496 e. The third kappa shape index (κ3) is 6.90. The van der Waals surface area contributed by atoms with E-state index >= 15 is 0 Å². The number of hydrogen-bond donors (Lipinski definition) is 1. The van der Waals surface area contributed by atoms with E-state index in [9.17, 15) is 24.5 Å². The second-order valence-electron chi connectivity index (χ2n) is 10.6. The number of aryl methyl sites for hydroxylation is 1. The first-order valence-corrected chi connectivity index (χ1v) is 17.2. The van der Waals surface area contributed by atoms with Gasteiger partial charge in [-0.05, 0) is 61.5 Å². The highest BCUT2D eigenvalue weighted by Gasteiger charge is 2.37. The lowest BCUT2D eigenvalue weighted by Crippen LogP contribution is -2.40. The third-order valence-electron chi connectivity index (χ3n) is 7.39. The Morgan fingerprint density at radius 1 is 1.14 bits per heavy atom.